The van der Waals surface area contributed by atoms with Crippen molar-refractivity contribution in [3.05, 3.63) is 47.8 Å². The second-order valence-electron chi connectivity index (χ2n) is 3.75. The van der Waals surface area contributed by atoms with Crippen molar-refractivity contribution in [1.82, 2.24) is 9.78 Å². The standard InChI is InChI=1S/C12H9F3N2O/c1-8(18)9-2-4-10(5-3-9)17-7-6-11(16-17)12(13,14)15/h2-7H,1H3. The first kappa shape index (κ1) is 12.3. The molecule has 0 aliphatic heterocycles. The lowest BCUT2D eigenvalue weighted by Crippen LogP contribution is -2.07. The van der Waals surface area contributed by atoms with Gasteiger partial charge in [-0.15, -0.1) is 0 Å². The van der Waals surface area contributed by atoms with Crippen LogP contribution >= 0.6 is 0 Å². The van der Waals surface area contributed by atoms with Gasteiger partial charge in [-0.25, -0.2) is 4.68 Å². The van der Waals surface area contributed by atoms with Crippen LogP contribution in [0.15, 0.2) is 36.5 Å². The van der Waals surface area contributed by atoms with E-state index in [1.54, 1.807) is 24.3 Å². The Bertz CT molecular complexity index is 570. The van der Waals surface area contributed by atoms with Crippen LogP contribution in [0.5, 0.6) is 0 Å². The fourth-order valence-corrected chi connectivity index (χ4v) is 1.47. The maximum absolute atomic E-state index is 12.4. The first-order valence-electron chi connectivity index (χ1n) is 5.12. The van der Waals surface area contributed by atoms with Crippen molar-refractivity contribution in [1.29, 1.82) is 0 Å². The zero-order valence-corrected chi connectivity index (χ0v) is 9.40. The second kappa shape index (κ2) is 4.29. The molecule has 94 valence electrons. The Kier molecular flexibility index (Phi) is 2.94. The third-order valence-corrected chi connectivity index (χ3v) is 2.42. The molecule has 0 N–H and O–H groups in total. The minimum Gasteiger partial charge on any atom is -0.295 e. The number of nitrogens with zero attached hydrogens (tertiary/aromatic N) is 2. The number of benzene rings is 1. The van der Waals surface area contributed by atoms with Gasteiger partial charge in [-0.3, -0.25) is 4.79 Å². The van der Waals surface area contributed by atoms with E-state index in [2.05, 4.69) is 5.10 Å². The Hall–Kier alpha value is -2.11. The predicted octanol–water partition coefficient (Wildman–Crippen LogP) is 3.09. The highest BCUT2D eigenvalue weighted by Crippen LogP contribution is 2.27. The monoisotopic (exact) mass is 254 g/mol. The molecule has 0 radical (unpaired) electrons. The SMILES string of the molecule is CC(=O)c1ccc(-n2ccc(C(F)(F)F)n2)cc1. The number of hydrogen-bond donors (Lipinski definition) is 0. The van der Waals surface area contributed by atoms with Gasteiger partial charge in [0.1, 0.15) is 0 Å². The average Bonchev–Trinajstić information content (AvgIpc) is 2.78. The van der Waals surface area contributed by atoms with Crippen LogP contribution in [0.2, 0.25) is 0 Å². The molecule has 18 heavy (non-hydrogen) atoms. The van der Waals surface area contributed by atoms with Crippen LogP contribution in [0.1, 0.15) is 23.0 Å². The second-order valence-corrected chi connectivity index (χ2v) is 3.75. The van der Waals surface area contributed by atoms with Gasteiger partial charge in [0.25, 0.3) is 0 Å². The zero-order valence-electron chi connectivity index (χ0n) is 9.40. The summed E-state index contributed by atoms with van der Waals surface area (Å²) < 4.78 is 38.2. The van der Waals surface area contributed by atoms with Crippen LogP contribution in [0.3, 0.4) is 0 Å². The number of hydrogen-bond acceptors (Lipinski definition) is 2. The number of aromatic nitrogens is 2. The number of carbonyl (C=O) groups is 1. The molecular weight excluding hydrogens is 245 g/mol. The van der Waals surface area contributed by atoms with Crippen molar-refractivity contribution in [2.24, 2.45) is 0 Å². The molecular formula is C12H9F3N2O. The first-order chi connectivity index (χ1) is 8.38. The van der Waals surface area contributed by atoms with Gasteiger partial charge in [0.2, 0.25) is 0 Å². The van der Waals surface area contributed by atoms with Gasteiger partial charge in [-0.05, 0) is 37.3 Å². The lowest BCUT2D eigenvalue weighted by Gasteiger charge is -2.03. The van der Waals surface area contributed by atoms with E-state index >= 15 is 0 Å². The minimum atomic E-state index is -4.45. The summed E-state index contributed by atoms with van der Waals surface area (Å²) >= 11 is 0. The van der Waals surface area contributed by atoms with Gasteiger partial charge in [-0.1, -0.05) is 0 Å². The third-order valence-electron chi connectivity index (χ3n) is 2.42. The molecule has 0 saturated carbocycles. The van der Waals surface area contributed by atoms with Gasteiger partial charge >= 0.3 is 6.18 Å². The van der Waals surface area contributed by atoms with Gasteiger partial charge in [-0.2, -0.15) is 18.3 Å². The number of alkyl halides is 3. The predicted molar refractivity (Wildman–Crippen MR) is 58.6 cm³/mol. The smallest absolute Gasteiger partial charge is 0.295 e. The number of rotatable bonds is 2. The molecule has 0 aliphatic carbocycles. The summed E-state index contributed by atoms with van der Waals surface area (Å²) in [5, 5.41) is 3.43. The maximum atomic E-state index is 12.4. The van der Waals surface area contributed by atoms with E-state index in [9.17, 15) is 18.0 Å². The first-order valence-corrected chi connectivity index (χ1v) is 5.12. The Morgan fingerprint density at radius 1 is 1.17 bits per heavy atom. The van der Waals surface area contributed by atoms with Crippen molar-refractivity contribution in [3.63, 3.8) is 0 Å². The molecule has 1 aromatic carbocycles. The summed E-state index contributed by atoms with van der Waals surface area (Å²) in [5.74, 6) is -0.0991. The largest absolute Gasteiger partial charge is 0.435 e. The van der Waals surface area contributed by atoms with E-state index < -0.39 is 11.9 Å². The number of Topliss-reactive ketones (excluding diaryl/α,β-unsaturated/α-hetero) is 1. The maximum Gasteiger partial charge on any atom is 0.435 e. The molecule has 0 amide bonds. The molecule has 2 aromatic rings. The number of halogens is 3. The van der Waals surface area contributed by atoms with Gasteiger partial charge < -0.3 is 0 Å². The highest BCUT2D eigenvalue weighted by Gasteiger charge is 2.33. The van der Waals surface area contributed by atoms with E-state index in [4.69, 9.17) is 0 Å². The van der Waals surface area contributed by atoms with E-state index in [-0.39, 0.29) is 5.78 Å². The van der Waals surface area contributed by atoms with Gasteiger partial charge in [0.15, 0.2) is 11.5 Å². The summed E-state index contributed by atoms with van der Waals surface area (Å²) in [4.78, 5) is 11.1. The van der Waals surface area contributed by atoms with Crippen molar-refractivity contribution >= 4 is 5.78 Å². The van der Waals surface area contributed by atoms with Crippen LogP contribution in [-0.4, -0.2) is 15.6 Å². The van der Waals surface area contributed by atoms with Crippen molar-refractivity contribution in [2.75, 3.05) is 0 Å². The fourth-order valence-electron chi connectivity index (χ4n) is 1.47. The minimum absolute atomic E-state index is 0.0991. The van der Waals surface area contributed by atoms with Crippen molar-refractivity contribution < 1.29 is 18.0 Å². The molecule has 1 heterocycles. The molecule has 2 rings (SSSR count). The molecule has 0 unspecified atom stereocenters. The summed E-state index contributed by atoms with van der Waals surface area (Å²) in [5.41, 5.74) is 0.0237. The Labute approximate surface area is 101 Å². The van der Waals surface area contributed by atoms with E-state index in [1.807, 2.05) is 0 Å². The van der Waals surface area contributed by atoms with Crippen LogP contribution in [0, 0.1) is 0 Å². The summed E-state index contributed by atoms with van der Waals surface area (Å²) in [6.45, 7) is 1.42. The van der Waals surface area contributed by atoms with Crippen LogP contribution in [0.25, 0.3) is 5.69 Å². The lowest BCUT2D eigenvalue weighted by atomic mass is 10.1. The highest BCUT2D eigenvalue weighted by molar-refractivity contribution is 5.94. The molecule has 6 heteroatoms. The number of carbonyl (C=O) groups excluding carboxylic acids is 1. The van der Waals surface area contributed by atoms with Gasteiger partial charge in [0, 0.05) is 11.8 Å². The molecule has 0 fully saturated rings. The van der Waals surface area contributed by atoms with Crippen molar-refractivity contribution in [3.8, 4) is 5.69 Å². The Morgan fingerprint density at radius 2 is 1.78 bits per heavy atom. The van der Waals surface area contributed by atoms with E-state index in [0.717, 1.165) is 10.7 Å². The van der Waals surface area contributed by atoms with Gasteiger partial charge in [0.05, 0.1) is 5.69 Å². The lowest BCUT2D eigenvalue weighted by molar-refractivity contribution is -0.141. The Morgan fingerprint density at radius 3 is 2.22 bits per heavy atom. The molecule has 0 saturated heterocycles. The topological polar surface area (TPSA) is 34.9 Å². The normalized spacial score (nSPS) is 11.6. The van der Waals surface area contributed by atoms with E-state index in [1.165, 1.54) is 13.1 Å². The molecule has 1 aromatic heterocycles. The summed E-state index contributed by atoms with van der Waals surface area (Å²) in [7, 11) is 0. The summed E-state index contributed by atoms with van der Waals surface area (Å²) in [6.07, 6.45) is -3.23. The molecule has 0 atom stereocenters. The average molecular weight is 254 g/mol. The molecule has 0 bridgehead atoms. The highest BCUT2D eigenvalue weighted by atomic mass is 19.4. The van der Waals surface area contributed by atoms with Crippen LogP contribution < -0.4 is 0 Å². The zero-order chi connectivity index (χ0) is 13.3. The molecule has 0 aliphatic rings. The van der Waals surface area contributed by atoms with Crippen LogP contribution in [0.4, 0.5) is 13.2 Å². The van der Waals surface area contributed by atoms with E-state index in [0.29, 0.717) is 11.3 Å². The Balaban J connectivity index is 2.32. The fraction of sp³-hybridized carbons (Fsp3) is 0.167. The number of ketones is 1. The quantitative estimate of drug-likeness (QED) is 0.772. The van der Waals surface area contributed by atoms with Crippen LogP contribution in [-0.2, 0) is 6.18 Å². The third kappa shape index (κ3) is 2.42. The summed E-state index contributed by atoms with van der Waals surface area (Å²) in [6, 6.07) is 7.09. The molecule has 3 nitrogen and oxygen atoms in total. The molecule has 0 spiro atoms. The van der Waals surface area contributed by atoms with Crippen molar-refractivity contribution in [2.45, 2.75) is 13.1 Å².